The maximum absolute atomic E-state index is 11.0. The Labute approximate surface area is 153 Å². The molecule has 132 valence electrons. The Kier molecular flexibility index (Phi) is 5.68. The van der Waals surface area contributed by atoms with Crippen molar-refractivity contribution in [3.8, 4) is 0 Å². The average molecular weight is 360 g/mol. The standard InChI is InChI=1S/C19H22ClN3O2/c1-15(17-3-2-4-19(13-17)23(24)25)22-11-9-21(10-12-22)14-16-5-7-18(20)8-6-16/h2-8,13,15H,9-12,14H2,1H3/t15-/m0/s1. The zero-order chi connectivity index (χ0) is 17.8. The van der Waals surface area contributed by atoms with Crippen molar-refractivity contribution in [1.29, 1.82) is 0 Å². The maximum atomic E-state index is 11.0. The van der Waals surface area contributed by atoms with Gasteiger partial charge in [0.1, 0.15) is 0 Å². The lowest BCUT2D eigenvalue weighted by molar-refractivity contribution is -0.385. The fourth-order valence-electron chi connectivity index (χ4n) is 3.27. The first-order chi connectivity index (χ1) is 12.0. The summed E-state index contributed by atoms with van der Waals surface area (Å²) >= 11 is 5.93. The monoisotopic (exact) mass is 359 g/mol. The van der Waals surface area contributed by atoms with Gasteiger partial charge >= 0.3 is 0 Å². The van der Waals surface area contributed by atoms with Crippen LogP contribution in [0.25, 0.3) is 0 Å². The Hall–Kier alpha value is -1.95. The van der Waals surface area contributed by atoms with Crippen LogP contribution in [0, 0.1) is 10.1 Å². The number of nitro groups is 1. The molecule has 0 aliphatic carbocycles. The molecule has 0 radical (unpaired) electrons. The van der Waals surface area contributed by atoms with Crippen molar-refractivity contribution < 1.29 is 4.92 Å². The molecule has 6 heteroatoms. The first-order valence-corrected chi connectivity index (χ1v) is 8.86. The van der Waals surface area contributed by atoms with Crippen molar-refractivity contribution >= 4 is 17.3 Å². The van der Waals surface area contributed by atoms with E-state index < -0.39 is 0 Å². The molecule has 0 saturated carbocycles. The fraction of sp³-hybridized carbons (Fsp3) is 0.368. The second kappa shape index (κ2) is 7.95. The smallest absolute Gasteiger partial charge is 0.269 e. The van der Waals surface area contributed by atoms with Crippen LogP contribution in [0.3, 0.4) is 0 Å². The minimum atomic E-state index is -0.333. The molecule has 1 aliphatic rings. The molecule has 0 bridgehead atoms. The molecule has 0 N–H and O–H groups in total. The molecule has 2 aromatic carbocycles. The van der Waals surface area contributed by atoms with Crippen LogP contribution >= 0.6 is 11.6 Å². The van der Waals surface area contributed by atoms with Crippen LogP contribution in [-0.2, 0) is 6.54 Å². The first kappa shape index (κ1) is 17.9. The van der Waals surface area contributed by atoms with Crippen molar-refractivity contribution in [3.05, 3.63) is 74.8 Å². The van der Waals surface area contributed by atoms with Gasteiger partial charge in [-0.3, -0.25) is 19.9 Å². The van der Waals surface area contributed by atoms with Gasteiger partial charge in [-0.05, 0) is 30.2 Å². The van der Waals surface area contributed by atoms with Gasteiger partial charge in [-0.15, -0.1) is 0 Å². The van der Waals surface area contributed by atoms with Crippen molar-refractivity contribution in [3.63, 3.8) is 0 Å². The van der Waals surface area contributed by atoms with E-state index in [0.29, 0.717) is 0 Å². The fourth-order valence-corrected chi connectivity index (χ4v) is 3.39. The van der Waals surface area contributed by atoms with Crippen LogP contribution in [0.15, 0.2) is 48.5 Å². The number of piperazine rings is 1. The summed E-state index contributed by atoms with van der Waals surface area (Å²) in [7, 11) is 0. The largest absolute Gasteiger partial charge is 0.297 e. The highest BCUT2D eigenvalue weighted by Crippen LogP contribution is 2.25. The van der Waals surface area contributed by atoms with Gasteiger partial charge in [0.25, 0.3) is 5.69 Å². The second-order valence-electron chi connectivity index (χ2n) is 6.47. The average Bonchev–Trinajstić information content (AvgIpc) is 2.64. The van der Waals surface area contributed by atoms with Gasteiger partial charge in [-0.25, -0.2) is 0 Å². The third-order valence-corrected chi connectivity index (χ3v) is 5.09. The van der Waals surface area contributed by atoms with E-state index in [4.69, 9.17) is 11.6 Å². The predicted molar refractivity (Wildman–Crippen MR) is 99.8 cm³/mol. The summed E-state index contributed by atoms with van der Waals surface area (Å²) in [5.41, 5.74) is 2.43. The van der Waals surface area contributed by atoms with E-state index in [0.717, 1.165) is 43.3 Å². The Morgan fingerprint density at radius 2 is 1.80 bits per heavy atom. The highest BCUT2D eigenvalue weighted by molar-refractivity contribution is 6.30. The van der Waals surface area contributed by atoms with Crippen LogP contribution in [-0.4, -0.2) is 40.9 Å². The van der Waals surface area contributed by atoms with E-state index in [-0.39, 0.29) is 16.7 Å². The molecule has 2 aromatic rings. The van der Waals surface area contributed by atoms with Crippen molar-refractivity contribution in [2.24, 2.45) is 0 Å². The Morgan fingerprint density at radius 3 is 2.44 bits per heavy atom. The molecule has 1 fully saturated rings. The number of non-ortho nitro benzene ring substituents is 1. The van der Waals surface area contributed by atoms with Gasteiger partial charge in [0.05, 0.1) is 4.92 Å². The van der Waals surface area contributed by atoms with E-state index in [9.17, 15) is 10.1 Å². The van der Waals surface area contributed by atoms with Gasteiger partial charge in [0.2, 0.25) is 0 Å². The summed E-state index contributed by atoms with van der Waals surface area (Å²) in [6, 6.07) is 15.1. The number of rotatable bonds is 5. The van der Waals surface area contributed by atoms with E-state index in [1.54, 1.807) is 18.2 Å². The first-order valence-electron chi connectivity index (χ1n) is 8.48. The lowest BCUT2D eigenvalue weighted by atomic mass is 10.1. The molecule has 1 saturated heterocycles. The number of hydrogen-bond acceptors (Lipinski definition) is 4. The highest BCUT2D eigenvalue weighted by atomic mass is 35.5. The molecule has 1 heterocycles. The van der Waals surface area contributed by atoms with Gasteiger partial charge in [-0.2, -0.15) is 0 Å². The third-order valence-electron chi connectivity index (χ3n) is 4.84. The molecule has 1 atom stereocenters. The second-order valence-corrected chi connectivity index (χ2v) is 6.90. The van der Waals surface area contributed by atoms with Crippen molar-refractivity contribution in [2.45, 2.75) is 19.5 Å². The van der Waals surface area contributed by atoms with Crippen LogP contribution in [0.5, 0.6) is 0 Å². The quantitative estimate of drug-likeness (QED) is 0.595. The van der Waals surface area contributed by atoms with Gasteiger partial charge in [0, 0.05) is 55.9 Å². The summed E-state index contributed by atoms with van der Waals surface area (Å²) in [5, 5.41) is 11.7. The van der Waals surface area contributed by atoms with Crippen LogP contribution in [0.2, 0.25) is 5.02 Å². The van der Waals surface area contributed by atoms with Gasteiger partial charge < -0.3 is 0 Å². The normalized spacial score (nSPS) is 17.4. The number of benzene rings is 2. The van der Waals surface area contributed by atoms with Crippen molar-refractivity contribution in [1.82, 2.24) is 9.80 Å². The van der Waals surface area contributed by atoms with Crippen molar-refractivity contribution in [2.75, 3.05) is 26.2 Å². The molecule has 0 unspecified atom stereocenters. The molecule has 1 aliphatic heterocycles. The third kappa shape index (κ3) is 4.57. The molecule has 0 amide bonds. The molecular formula is C19H22ClN3O2. The van der Waals surface area contributed by atoms with Gasteiger partial charge in [-0.1, -0.05) is 35.9 Å². The molecule has 0 aromatic heterocycles. The summed E-state index contributed by atoms with van der Waals surface area (Å²) in [6.45, 7) is 6.93. The van der Waals surface area contributed by atoms with E-state index in [2.05, 4.69) is 28.9 Å². The zero-order valence-electron chi connectivity index (χ0n) is 14.3. The Balaban J connectivity index is 1.57. The highest BCUT2D eigenvalue weighted by Gasteiger charge is 2.23. The minimum Gasteiger partial charge on any atom is -0.297 e. The van der Waals surface area contributed by atoms with E-state index in [1.807, 2.05) is 18.2 Å². The van der Waals surface area contributed by atoms with Crippen LogP contribution in [0.1, 0.15) is 24.1 Å². The van der Waals surface area contributed by atoms with E-state index in [1.165, 1.54) is 5.56 Å². The Morgan fingerprint density at radius 1 is 1.12 bits per heavy atom. The lowest BCUT2D eigenvalue weighted by Crippen LogP contribution is -2.46. The number of halogens is 1. The molecule has 0 spiro atoms. The Bertz CT molecular complexity index is 728. The molecule has 3 rings (SSSR count). The minimum absolute atomic E-state index is 0.158. The van der Waals surface area contributed by atoms with Crippen LogP contribution < -0.4 is 0 Å². The molecule has 5 nitrogen and oxygen atoms in total. The molecule has 25 heavy (non-hydrogen) atoms. The lowest BCUT2D eigenvalue weighted by Gasteiger charge is -2.38. The SMILES string of the molecule is C[C@@H](c1cccc([N+](=O)[O-])c1)N1CCN(Cc2ccc(Cl)cc2)CC1. The summed E-state index contributed by atoms with van der Waals surface area (Å²) in [6.07, 6.45) is 0. The zero-order valence-corrected chi connectivity index (χ0v) is 15.0. The number of nitro benzene ring substituents is 1. The number of hydrogen-bond donors (Lipinski definition) is 0. The van der Waals surface area contributed by atoms with Gasteiger partial charge in [0.15, 0.2) is 0 Å². The topological polar surface area (TPSA) is 49.6 Å². The number of nitrogens with zero attached hydrogens (tertiary/aromatic N) is 3. The van der Waals surface area contributed by atoms with E-state index >= 15 is 0 Å². The molecular weight excluding hydrogens is 338 g/mol. The van der Waals surface area contributed by atoms with Crippen LogP contribution in [0.4, 0.5) is 5.69 Å². The summed E-state index contributed by atoms with van der Waals surface area (Å²) in [5.74, 6) is 0. The predicted octanol–water partition coefficient (Wildman–Crippen LogP) is 4.13. The summed E-state index contributed by atoms with van der Waals surface area (Å²) < 4.78 is 0. The maximum Gasteiger partial charge on any atom is 0.269 e. The summed E-state index contributed by atoms with van der Waals surface area (Å²) in [4.78, 5) is 15.5.